The topological polar surface area (TPSA) is 68.9 Å². The molecule has 0 amide bonds. The molecule has 6 nitrogen and oxygen atoms in total. The second-order valence-electron chi connectivity index (χ2n) is 14.5. The van der Waals surface area contributed by atoms with Crippen molar-refractivity contribution in [2.75, 3.05) is 9.80 Å². The third-order valence-corrected chi connectivity index (χ3v) is 11.9. The molecular formula is C49H34N6S. The first-order valence-electron chi connectivity index (χ1n) is 18.6. The van der Waals surface area contributed by atoms with Crippen molar-refractivity contribution in [2.45, 2.75) is 29.1 Å². The van der Waals surface area contributed by atoms with Crippen LogP contribution in [0.15, 0.2) is 180 Å². The van der Waals surface area contributed by atoms with Crippen molar-refractivity contribution in [3.8, 4) is 40.2 Å². The first-order valence-corrected chi connectivity index (χ1v) is 19.4. The van der Waals surface area contributed by atoms with Crippen LogP contribution in [0.1, 0.15) is 30.5 Å². The van der Waals surface area contributed by atoms with Crippen molar-refractivity contribution < 1.29 is 0 Å². The Hall–Kier alpha value is -7.01. The maximum Gasteiger partial charge on any atom is 0.164 e. The Bertz CT molecular complexity index is 2730. The second-order valence-corrected chi connectivity index (χ2v) is 15.5. The lowest BCUT2D eigenvalue weighted by Gasteiger charge is -2.42. The molecule has 56 heavy (non-hydrogen) atoms. The molecule has 0 atom stereocenters. The lowest BCUT2D eigenvalue weighted by molar-refractivity contribution is 0.632. The Morgan fingerprint density at radius 1 is 0.446 bits per heavy atom. The molecular weight excluding hydrogens is 705 g/mol. The molecule has 7 aromatic carbocycles. The summed E-state index contributed by atoms with van der Waals surface area (Å²) < 4.78 is 0. The summed E-state index contributed by atoms with van der Waals surface area (Å²) in [5.74, 6) is 1.68. The van der Waals surface area contributed by atoms with E-state index in [0.717, 1.165) is 39.4 Å². The van der Waals surface area contributed by atoms with Crippen LogP contribution < -0.4 is 9.80 Å². The van der Waals surface area contributed by atoms with Gasteiger partial charge < -0.3 is 9.80 Å². The fraction of sp³-hybridized carbons (Fsp3) is 0.0612. The fourth-order valence-electron chi connectivity index (χ4n) is 7.91. The molecule has 2 aliphatic rings. The number of fused-ring (bicyclic) bond motifs is 4. The van der Waals surface area contributed by atoms with Gasteiger partial charge in [-0.2, -0.15) is 5.26 Å². The van der Waals surface area contributed by atoms with E-state index in [1.807, 2.05) is 12.1 Å². The number of benzene rings is 7. The highest BCUT2D eigenvalue weighted by Gasteiger charge is 2.36. The van der Waals surface area contributed by atoms with Gasteiger partial charge in [0.05, 0.1) is 34.4 Å². The summed E-state index contributed by atoms with van der Waals surface area (Å²) in [5.41, 5.74) is 12.3. The van der Waals surface area contributed by atoms with Gasteiger partial charge in [0, 0.05) is 43.3 Å². The van der Waals surface area contributed by atoms with E-state index in [4.69, 9.17) is 15.0 Å². The molecule has 1 aromatic heterocycles. The smallest absolute Gasteiger partial charge is 0.164 e. The quantitative estimate of drug-likeness (QED) is 0.174. The van der Waals surface area contributed by atoms with Crippen molar-refractivity contribution in [1.29, 1.82) is 5.26 Å². The maximum atomic E-state index is 9.46. The van der Waals surface area contributed by atoms with Crippen molar-refractivity contribution in [3.05, 3.63) is 187 Å². The van der Waals surface area contributed by atoms with Gasteiger partial charge in [0.2, 0.25) is 0 Å². The molecule has 0 bridgehead atoms. The molecule has 0 saturated carbocycles. The Kier molecular flexibility index (Phi) is 8.02. The van der Waals surface area contributed by atoms with Crippen LogP contribution in [0.5, 0.6) is 0 Å². The number of aromatic nitrogens is 3. The third-order valence-electron chi connectivity index (χ3n) is 10.7. The summed E-state index contributed by atoms with van der Waals surface area (Å²) in [7, 11) is 0. The van der Waals surface area contributed by atoms with Crippen LogP contribution in [0.3, 0.4) is 0 Å². The van der Waals surface area contributed by atoms with E-state index < -0.39 is 0 Å². The molecule has 0 saturated heterocycles. The van der Waals surface area contributed by atoms with Gasteiger partial charge in [-0.15, -0.1) is 0 Å². The Morgan fingerprint density at radius 3 is 1.23 bits per heavy atom. The zero-order valence-corrected chi connectivity index (χ0v) is 31.6. The number of rotatable bonds is 5. The van der Waals surface area contributed by atoms with Crippen LogP contribution >= 0.6 is 11.8 Å². The van der Waals surface area contributed by atoms with Gasteiger partial charge in [0.25, 0.3) is 0 Å². The van der Waals surface area contributed by atoms with E-state index >= 15 is 0 Å². The molecule has 266 valence electrons. The predicted molar refractivity (Wildman–Crippen MR) is 226 cm³/mol. The highest BCUT2D eigenvalue weighted by atomic mass is 32.2. The van der Waals surface area contributed by atoms with Crippen LogP contribution in [0, 0.1) is 11.3 Å². The minimum absolute atomic E-state index is 0.132. The molecule has 0 fully saturated rings. The zero-order chi connectivity index (χ0) is 37.8. The van der Waals surface area contributed by atoms with Crippen molar-refractivity contribution in [2.24, 2.45) is 0 Å². The minimum Gasteiger partial charge on any atom is -0.310 e. The molecule has 0 radical (unpaired) electrons. The highest BCUT2D eigenvalue weighted by molar-refractivity contribution is 7.99. The first kappa shape index (κ1) is 33.6. The number of hydrogen-bond donors (Lipinski definition) is 0. The summed E-state index contributed by atoms with van der Waals surface area (Å²) in [6.07, 6.45) is 0. The van der Waals surface area contributed by atoms with Crippen molar-refractivity contribution in [3.63, 3.8) is 0 Å². The second kappa shape index (κ2) is 13.4. The summed E-state index contributed by atoms with van der Waals surface area (Å²) in [6.45, 7) is 4.60. The summed E-state index contributed by atoms with van der Waals surface area (Å²) >= 11 is 1.80. The summed E-state index contributed by atoms with van der Waals surface area (Å²) in [4.78, 5) is 22.2. The van der Waals surface area contributed by atoms with E-state index in [2.05, 4.69) is 175 Å². The number of nitriles is 1. The van der Waals surface area contributed by atoms with Crippen LogP contribution in [0.4, 0.5) is 34.1 Å². The molecule has 0 N–H and O–H groups in total. The zero-order valence-electron chi connectivity index (χ0n) is 30.8. The predicted octanol–water partition coefficient (Wildman–Crippen LogP) is 12.8. The van der Waals surface area contributed by atoms with Gasteiger partial charge in [0.15, 0.2) is 17.5 Å². The largest absolute Gasteiger partial charge is 0.310 e. The molecule has 0 spiro atoms. The van der Waals surface area contributed by atoms with E-state index in [9.17, 15) is 5.26 Å². The van der Waals surface area contributed by atoms with E-state index in [0.29, 0.717) is 23.0 Å². The van der Waals surface area contributed by atoms with E-state index in [1.54, 1.807) is 23.9 Å². The molecule has 3 heterocycles. The summed E-state index contributed by atoms with van der Waals surface area (Å²) in [6, 6.07) is 60.9. The van der Waals surface area contributed by atoms with Gasteiger partial charge in [-0.3, -0.25) is 0 Å². The Balaban J connectivity index is 1.05. The molecule has 10 rings (SSSR count). The van der Waals surface area contributed by atoms with Gasteiger partial charge in [-0.05, 0) is 120 Å². The lowest BCUT2D eigenvalue weighted by Crippen LogP contribution is -2.30. The number of anilines is 6. The number of nitrogens with zero attached hydrogens (tertiary/aromatic N) is 6. The standard InChI is InChI=1S/C49H34N6S/c1-49(2)38-11-3-5-13-40(38)54(41-14-6-4-12-39(41)49)36-27-23-34(24-28-36)47-51-46(33-21-19-32(31-50)20-22-33)52-48(53-47)35-25-29-37(30-26-35)55-42-15-7-9-17-44(42)56-45-18-10-8-16-43(45)55/h3-30H,1-2H3. The Labute approximate surface area is 330 Å². The average molecular weight is 739 g/mol. The van der Waals surface area contributed by atoms with E-state index in [1.165, 1.54) is 32.3 Å². The molecule has 2 aliphatic heterocycles. The highest BCUT2D eigenvalue weighted by Crippen LogP contribution is 2.53. The SMILES string of the molecule is CC1(C)c2ccccc2N(c2ccc(-c3nc(-c4ccc(C#N)cc4)nc(-c4ccc(N5c6ccccc6Sc6ccccc65)cc4)n3)cc2)c2ccccc21. The Morgan fingerprint density at radius 2 is 0.804 bits per heavy atom. The third kappa shape index (κ3) is 5.62. The maximum absolute atomic E-state index is 9.46. The van der Waals surface area contributed by atoms with E-state index in [-0.39, 0.29) is 5.41 Å². The number of hydrogen-bond acceptors (Lipinski definition) is 7. The van der Waals surface area contributed by atoms with Crippen LogP contribution in [0.2, 0.25) is 0 Å². The molecule has 0 aliphatic carbocycles. The van der Waals surface area contributed by atoms with Gasteiger partial charge in [0.1, 0.15) is 0 Å². The molecule has 0 unspecified atom stereocenters. The monoisotopic (exact) mass is 738 g/mol. The number of para-hydroxylation sites is 4. The van der Waals surface area contributed by atoms with Crippen molar-refractivity contribution in [1.82, 2.24) is 15.0 Å². The van der Waals surface area contributed by atoms with Gasteiger partial charge in [-0.25, -0.2) is 15.0 Å². The normalized spacial score (nSPS) is 13.5. The van der Waals surface area contributed by atoms with Crippen LogP contribution in [0.25, 0.3) is 34.2 Å². The lowest BCUT2D eigenvalue weighted by atomic mass is 9.73. The van der Waals surface area contributed by atoms with Gasteiger partial charge >= 0.3 is 0 Å². The van der Waals surface area contributed by atoms with Crippen LogP contribution in [-0.2, 0) is 5.41 Å². The molecule has 7 heteroatoms. The summed E-state index contributed by atoms with van der Waals surface area (Å²) in [5, 5.41) is 9.46. The average Bonchev–Trinajstić information content (AvgIpc) is 3.26. The minimum atomic E-state index is -0.132. The van der Waals surface area contributed by atoms with Crippen LogP contribution in [-0.4, -0.2) is 15.0 Å². The fourth-order valence-corrected chi connectivity index (χ4v) is 8.96. The van der Waals surface area contributed by atoms with Crippen molar-refractivity contribution >= 4 is 45.9 Å². The van der Waals surface area contributed by atoms with Gasteiger partial charge in [-0.1, -0.05) is 86.3 Å². The molecule has 8 aromatic rings. The first-order chi connectivity index (χ1) is 27.5.